The van der Waals surface area contributed by atoms with Crippen molar-refractivity contribution in [2.75, 3.05) is 14.2 Å². The molecule has 0 aliphatic rings. The van der Waals surface area contributed by atoms with Gasteiger partial charge in [-0.25, -0.2) is 0 Å². The molecule has 0 spiro atoms. The Labute approximate surface area is 99.0 Å². The summed E-state index contributed by atoms with van der Waals surface area (Å²) in [4.78, 5) is 22.8. The Morgan fingerprint density at radius 2 is 1.71 bits per heavy atom. The number of aliphatic carboxylic acids is 1. The maximum atomic E-state index is 11.6. The van der Waals surface area contributed by atoms with Crippen LogP contribution in [0.15, 0.2) is 24.3 Å². The number of methoxy groups -OCH3 is 2. The minimum absolute atomic E-state index is 0.345. The van der Waals surface area contributed by atoms with Crippen molar-refractivity contribution in [2.24, 2.45) is 0 Å². The van der Waals surface area contributed by atoms with Gasteiger partial charge in [0.25, 0.3) is 0 Å². The van der Waals surface area contributed by atoms with E-state index in [2.05, 4.69) is 4.74 Å². The quantitative estimate of drug-likeness (QED) is 0.630. The number of carbonyl (C=O) groups excluding carboxylic acids is 1. The van der Waals surface area contributed by atoms with Gasteiger partial charge in [-0.3, -0.25) is 9.59 Å². The molecule has 0 radical (unpaired) electrons. The number of ether oxygens (including phenoxy) is 2. The number of esters is 1. The summed E-state index contributed by atoms with van der Waals surface area (Å²) in [6.45, 7) is 1.31. The van der Waals surface area contributed by atoms with E-state index in [1.54, 1.807) is 12.1 Å². The van der Waals surface area contributed by atoms with Crippen LogP contribution >= 0.6 is 0 Å². The lowest BCUT2D eigenvalue weighted by molar-refractivity contribution is -0.158. The first kappa shape index (κ1) is 13.0. The van der Waals surface area contributed by atoms with Crippen molar-refractivity contribution >= 4 is 11.9 Å². The molecule has 1 rings (SSSR count). The lowest BCUT2D eigenvalue weighted by atomic mass is 9.82. The molecule has 1 aromatic carbocycles. The molecule has 0 heterocycles. The Bertz CT molecular complexity index is 423. The molecule has 5 nitrogen and oxygen atoms in total. The summed E-state index contributed by atoms with van der Waals surface area (Å²) in [5.41, 5.74) is -1.36. The number of carbonyl (C=O) groups is 2. The minimum Gasteiger partial charge on any atom is -0.497 e. The van der Waals surface area contributed by atoms with Gasteiger partial charge in [0, 0.05) is 0 Å². The summed E-state index contributed by atoms with van der Waals surface area (Å²) in [6.07, 6.45) is 0. The van der Waals surface area contributed by atoms with Crippen LogP contribution in [0.2, 0.25) is 0 Å². The largest absolute Gasteiger partial charge is 0.497 e. The zero-order valence-corrected chi connectivity index (χ0v) is 9.89. The van der Waals surface area contributed by atoms with Gasteiger partial charge in [-0.1, -0.05) is 12.1 Å². The second-order valence-electron chi connectivity index (χ2n) is 3.65. The molecular formula is C12H14O5. The van der Waals surface area contributed by atoms with E-state index in [1.807, 2.05) is 0 Å². The molecule has 17 heavy (non-hydrogen) atoms. The van der Waals surface area contributed by atoms with Gasteiger partial charge in [-0.15, -0.1) is 0 Å². The molecule has 1 atom stereocenters. The van der Waals surface area contributed by atoms with Crippen LogP contribution in [0.1, 0.15) is 12.5 Å². The highest BCUT2D eigenvalue weighted by Gasteiger charge is 2.44. The second kappa shape index (κ2) is 4.86. The fourth-order valence-electron chi connectivity index (χ4n) is 1.46. The van der Waals surface area contributed by atoms with Gasteiger partial charge in [0.15, 0.2) is 5.41 Å². The van der Waals surface area contributed by atoms with Crippen LogP contribution in [0, 0.1) is 0 Å². The molecular weight excluding hydrogens is 224 g/mol. The highest BCUT2D eigenvalue weighted by molar-refractivity contribution is 6.05. The van der Waals surface area contributed by atoms with Gasteiger partial charge in [0.1, 0.15) is 5.75 Å². The average molecular weight is 238 g/mol. The Morgan fingerprint density at radius 1 is 1.18 bits per heavy atom. The number of benzene rings is 1. The van der Waals surface area contributed by atoms with Crippen molar-refractivity contribution in [3.63, 3.8) is 0 Å². The third-order valence-electron chi connectivity index (χ3n) is 2.69. The predicted molar refractivity (Wildman–Crippen MR) is 60.0 cm³/mol. The SMILES string of the molecule is COC(=O)C(C)(C(=O)O)c1ccc(OC)cc1. The Kier molecular flexibility index (Phi) is 3.73. The molecule has 1 N–H and O–H groups in total. The standard InChI is InChI=1S/C12H14O5/c1-12(10(13)14,11(15)17-3)8-4-6-9(16-2)7-5-8/h4-7H,1-3H3,(H,13,14). The van der Waals surface area contributed by atoms with Crippen molar-refractivity contribution < 1.29 is 24.2 Å². The maximum Gasteiger partial charge on any atom is 0.327 e. The molecule has 1 unspecified atom stereocenters. The molecule has 0 aromatic heterocycles. The first-order chi connectivity index (χ1) is 7.96. The van der Waals surface area contributed by atoms with Crippen LogP contribution in [-0.4, -0.2) is 31.3 Å². The van der Waals surface area contributed by atoms with E-state index in [-0.39, 0.29) is 0 Å². The minimum atomic E-state index is -1.71. The normalized spacial score (nSPS) is 13.6. The molecule has 1 aromatic rings. The molecule has 0 saturated carbocycles. The van der Waals surface area contributed by atoms with E-state index in [9.17, 15) is 14.7 Å². The summed E-state index contributed by atoms with van der Waals surface area (Å²) in [7, 11) is 2.67. The van der Waals surface area contributed by atoms with E-state index >= 15 is 0 Å². The van der Waals surface area contributed by atoms with Crippen LogP contribution in [0.4, 0.5) is 0 Å². The summed E-state index contributed by atoms with van der Waals surface area (Å²) < 4.78 is 9.50. The lowest BCUT2D eigenvalue weighted by Crippen LogP contribution is -2.41. The smallest absolute Gasteiger partial charge is 0.327 e. The summed E-state index contributed by atoms with van der Waals surface area (Å²) in [5, 5.41) is 9.18. The number of carboxylic acid groups (broad SMARTS) is 1. The Balaban J connectivity index is 3.23. The topological polar surface area (TPSA) is 72.8 Å². The Hall–Kier alpha value is -2.04. The van der Waals surface area contributed by atoms with Gasteiger partial charge in [0.2, 0.25) is 0 Å². The lowest BCUT2D eigenvalue weighted by Gasteiger charge is -2.22. The van der Waals surface area contributed by atoms with E-state index in [0.29, 0.717) is 11.3 Å². The van der Waals surface area contributed by atoms with Gasteiger partial charge in [-0.05, 0) is 24.6 Å². The van der Waals surface area contributed by atoms with Crippen LogP contribution in [-0.2, 0) is 19.7 Å². The molecule has 0 aliphatic heterocycles. The van der Waals surface area contributed by atoms with Crippen molar-refractivity contribution in [1.29, 1.82) is 0 Å². The van der Waals surface area contributed by atoms with Gasteiger partial charge >= 0.3 is 11.9 Å². The zero-order chi connectivity index (χ0) is 13.1. The molecule has 0 aliphatic carbocycles. The summed E-state index contributed by atoms with van der Waals surface area (Å²) >= 11 is 0. The third kappa shape index (κ3) is 2.22. The average Bonchev–Trinajstić information content (AvgIpc) is 2.36. The fourth-order valence-corrected chi connectivity index (χ4v) is 1.46. The third-order valence-corrected chi connectivity index (χ3v) is 2.69. The zero-order valence-electron chi connectivity index (χ0n) is 9.89. The Morgan fingerprint density at radius 3 is 2.06 bits per heavy atom. The first-order valence-corrected chi connectivity index (χ1v) is 4.93. The van der Waals surface area contributed by atoms with E-state index in [1.165, 1.54) is 26.2 Å². The molecule has 5 heteroatoms. The first-order valence-electron chi connectivity index (χ1n) is 4.93. The van der Waals surface area contributed by atoms with Crippen LogP contribution in [0.3, 0.4) is 0 Å². The molecule has 0 amide bonds. The number of hydrogen-bond acceptors (Lipinski definition) is 4. The summed E-state index contributed by atoms with van der Waals surface area (Å²) in [6, 6.07) is 6.26. The van der Waals surface area contributed by atoms with Gasteiger partial charge < -0.3 is 14.6 Å². The maximum absolute atomic E-state index is 11.6. The van der Waals surface area contributed by atoms with Crippen molar-refractivity contribution in [2.45, 2.75) is 12.3 Å². The molecule has 92 valence electrons. The van der Waals surface area contributed by atoms with E-state index in [4.69, 9.17) is 4.74 Å². The molecule has 0 fully saturated rings. The van der Waals surface area contributed by atoms with Crippen molar-refractivity contribution in [3.05, 3.63) is 29.8 Å². The molecule has 0 saturated heterocycles. The monoisotopic (exact) mass is 238 g/mol. The summed E-state index contributed by atoms with van der Waals surface area (Å²) in [5.74, 6) is -1.48. The van der Waals surface area contributed by atoms with Crippen molar-refractivity contribution in [1.82, 2.24) is 0 Å². The number of hydrogen-bond donors (Lipinski definition) is 1. The highest BCUT2D eigenvalue weighted by Crippen LogP contribution is 2.27. The highest BCUT2D eigenvalue weighted by atomic mass is 16.5. The van der Waals surface area contributed by atoms with E-state index < -0.39 is 17.4 Å². The van der Waals surface area contributed by atoms with Crippen LogP contribution in [0.5, 0.6) is 5.75 Å². The number of rotatable bonds is 4. The predicted octanol–water partition coefficient (Wildman–Crippen LogP) is 1.21. The number of carboxylic acids is 1. The fraction of sp³-hybridized carbons (Fsp3) is 0.333. The van der Waals surface area contributed by atoms with Gasteiger partial charge in [0.05, 0.1) is 14.2 Å². The van der Waals surface area contributed by atoms with E-state index in [0.717, 1.165) is 7.11 Å². The van der Waals surface area contributed by atoms with Crippen LogP contribution < -0.4 is 4.74 Å². The molecule has 0 bridgehead atoms. The van der Waals surface area contributed by atoms with Crippen molar-refractivity contribution in [3.8, 4) is 5.75 Å². The van der Waals surface area contributed by atoms with Crippen LogP contribution in [0.25, 0.3) is 0 Å². The van der Waals surface area contributed by atoms with Gasteiger partial charge in [-0.2, -0.15) is 0 Å². The second-order valence-corrected chi connectivity index (χ2v) is 3.65.